The molecule has 3 heteroatoms. The highest BCUT2D eigenvalue weighted by Crippen LogP contribution is 2.37. The Morgan fingerprint density at radius 3 is 2.69 bits per heavy atom. The molecule has 4 atom stereocenters. The Kier molecular flexibility index (Phi) is 4.99. The van der Waals surface area contributed by atoms with Crippen molar-refractivity contribution in [2.24, 2.45) is 17.1 Å². The highest BCUT2D eigenvalue weighted by molar-refractivity contribution is 7.85. The maximum Gasteiger partial charge on any atom is 0.0504 e. The van der Waals surface area contributed by atoms with E-state index in [1.807, 2.05) is 0 Å². The average Bonchev–Trinajstić information content (AvgIpc) is 2.21. The standard InChI is InChI=1S/C13H27NOS/c1-5-10(2)9-16(15)12-8-13(3,4)7-6-11(12)14/h10-12H,5-9,14H2,1-4H3. The minimum Gasteiger partial charge on any atom is -0.327 e. The summed E-state index contributed by atoms with van der Waals surface area (Å²) in [5.74, 6) is 1.38. The molecule has 0 radical (unpaired) electrons. The SMILES string of the molecule is CCC(C)CS(=O)C1CC(C)(C)CCC1N. The van der Waals surface area contributed by atoms with E-state index in [-0.39, 0.29) is 11.3 Å². The summed E-state index contributed by atoms with van der Waals surface area (Å²) in [4.78, 5) is 0. The summed E-state index contributed by atoms with van der Waals surface area (Å²) in [6, 6.07) is 0.151. The van der Waals surface area contributed by atoms with E-state index in [0.717, 1.165) is 25.0 Å². The topological polar surface area (TPSA) is 43.1 Å². The van der Waals surface area contributed by atoms with E-state index in [0.29, 0.717) is 11.3 Å². The summed E-state index contributed by atoms with van der Waals surface area (Å²) < 4.78 is 12.3. The highest BCUT2D eigenvalue weighted by atomic mass is 32.2. The van der Waals surface area contributed by atoms with Crippen molar-refractivity contribution >= 4 is 10.8 Å². The Balaban J connectivity index is 2.59. The lowest BCUT2D eigenvalue weighted by Crippen LogP contribution is -2.46. The zero-order valence-corrected chi connectivity index (χ0v) is 12.0. The first kappa shape index (κ1) is 14.2. The summed E-state index contributed by atoms with van der Waals surface area (Å²) in [7, 11) is -0.738. The second-order valence-corrected chi connectivity index (χ2v) is 7.87. The molecule has 1 aliphatic carbocycles. The molecule has 0 aromatic carbocycles. The first-order chi connectivity index (χ1) is 7.35. The minimum atomic E-state index is -0.738. The molecule has 1 aliphatic rings. The van der Waals surface area contributed by atoms with Crippen LogP contribution in [0.5, 0.6) is 0 Å². The molecule has 0 amide bonds. The third kappa shape index (κ3) is 3.85. The maximum atomic E-state index is 12.3. The Hall–Kier alpha value is 0.110. The predicted octanol–water partition coefficient (Wildman–Crippen LogP) is 2.69. The van der Waals surface area contributed by atoms with Crippen molar-refractivity contribution in [3.05, 3.63) is 0 Å². The molecule has 0 aromatic rings. The van der Waals surface area contributed by atoms with Crippen LogP contribution in [0.2, 0.25) is 0 Å². The summed E-state index contributed by atoms with van der Waals surface area (Å²) in [5.41, 5.74) is 6.45. The molecule has 16 heavy (non-hydrogen) atoms. The maximum absolute atomic E-state index is 12.3. The third-order valence-electron chi connectivity index (χ3n) is 3.87. The van der Waals surface area contributed by atoms with Gasteiger partial charge in [-0.15, -0.1) is 0 Å². The lowest BCUT2D eigenvalue weighted by atomic mass is 9.75. The second kappa shape index (κ2) is 5.63. The van der Waals surface area contributed by atoms with Crippen LogP contribution >= 0.6 is 0 Å². The smallest absolute Gasteiger partial charge is 0.0504 e. The van der Waals surface area contributed by atoms with Gasteiger partial charge < -0.3 is 5.73 Å². The van der Waals surface area contributed by atoms with Crippen molar-refractivity contribution < 1.29 is 4.21 Å². The Bertz CT molecular complexity index is 252. The van der Waals surface area contributed by atoms with Crippen molar-refractivity contribution in [2.45, 2.75) is 64.7 Å². The Morgan fingerprint density at radius 1 is 1.50 bits per heavy atom. The largest absolute Gasteiger partial charge is 0.327 e. The summed E-state index contributed by atoms with van der Waals surface area (Å²) in [6.45, 7) is 8.88. The Labute approximate surface area is 103 Å². The van der Waals surface area contributed by atoms with Gasteiger partial charge in [0.25, 0.3) is 0 Å². The van der Waals surface area contributed by atoms with Gasteiger partial charge in [-0.2, -0.15) is 0 Å². The molecule has 0 bridgehead atoms. The van der Waals surface area contributed by atoms with Crippen LogP contribution in [0.1, 0.15) is 53.4 Å². The van der Waals surface area contributed by atoms with Gasteiger partial charge in [-0.25, -0.2) is 0 Å². The van der Waals surface area contributed by atoms with E-state index in [2.05, 4.69) is 27.7 Å². The van der Waals surface area contributed by atoms with Crippen LogP contribution in [-0.4, -0.2) is 21.3 Å². The van der Waals surface area contributed by atoms with E-state index in [1.54, 1.807) is 0 Å². The average molecular weight is 245 g/mol. The first-order valence-corrected chi connectivity index (χ1v) is 7.86. The quantitative estimate of drug-likeness (QED) is 0.827. The van der Waals surface area contributed by atoms with Gasteiger partial charge in [0.1, 0.15) is 0 Å². The third-order valence-corrected chi connectivity index (χ3v) is 5.96. The lowest BCUT2D eigenvalue weighted by molar-refractivity contribution is 0.230. The molecule has 0 heterocycles. The van der Waals surface area contributed by atoms with Crippen LogP contribution in [0.4, 0.5) is 0 Å². The van der Waals surface area contributed by atoms with Crippen LogP contribution in [0.3, 0.4) is 0 Å². The molecule has 96 valence electrons. The Morgan fingerprint density at radius 2 is 2.12 bits per heavy atom. The van der Waals surface area contributed by atoms with Gasteiger partial charge in [0.05, 0.1) is 5.25 Å². The van der Waals surface area contributed by atoms with Crippen molar-refractivity contribution in [3.63, 3.8) is 0 Å². The zero-order valence-electron chi connectivity index (χ0n) is 11.2. The second-order valence-electron chi connectivity index (χ2n) is 6.17. The predicted molar refractivity (Wildman–Crippen MR) is 71.9 cm³/mol. The van der Waals surface area contributed by atoms with Crippen molar-refractivity contribution in [2.75, 3.05) is 5.75 Å². The van der Waals surface area contributed by atoms with Gasteiger partial charge in [0, 0.05) is 22.6 Å². The van der Waals surface area contributed by atoms with Crippen LogP contribution < -0.4 is 5.73 Å². The zero-order chi connectivity index (χ0) is 12.3. The fourth-order valence-electron chi connectivity index (χ4n) is 2.35. The van der Waals surface area contributed by atoms with Gasteiger partial charge in [0.2, 0.25) is 0 Å². The van der Waals surface area contributed by atoms with Crippen molar-refractivity contribution in [3.8, 4) is 0 Å². The number of nitrogens with two attached hydrogens (primary N) is 1. The molecule has 2 N–H and O–H groups in total. The molecule has 0 aromatic heterocycles. The van der Waals surface area contributed by atoms with Crippen molar-refractivity contribution in [1.29, 1.82) is 0 Å². The molecular formula is C13H27NOS. The van der Waals surface area contributed by atoms with E-state index >= 15 is 0 Å². The molecular weight excluding hydrogens is 218 g/mol. The molecule has 1 saturated carbocycles. The van der Waals surface area contributed by atoms with Gasteiger partial charge >= 0.3 is 0 Å². The monoisotopic (exact) mass is 245 g/mol. The van der Waals surface area contributed by atoms with E-state index < -0.39 is 10.8 Å². The van der Waals surface area contributed by atoms with Crippen LogP contribution in [0.15, 0.2) is 0 Å². The fourth-order valence-corrected chi connectivity index (χ4v) is 4.56. The molecule has 4 unspecified atom stereocenters. The van der Waals surface area contributed by atoms with Crippen LogP contribution in [0, 0.1) is 11.3 Å². The molecule has 1 fully saturated rings. The van der Waals surface area contributed by atoms with Gasteiger partial charge in [0.15, 0.2) is 0 Å². The summed E-state index contributed by atoms with van der Waals surface area (Å²) >= 11 is 0. The fraction of sp³-hybridized carbons (Fsp3) is 1.00. The number of hydrogen-bond donors (Lipinski definition) is 1. The van der Waals surface area contributed by atoms with Crippen LogP contribution in [0.25, 0.3) is 0 Å². The highest BCUT2D eigenvalue weighted by Gasteiger charge is 2.36. The normalized spacial score (nSPS) is 33.3. The molecule has 0 saturated heterocycles. The number of rotatable bonds is 4. The minimum absolute atomic E-state index is 0.151. The number of hydrogen-bond acceptors (Lipinski definition) is 2. The summed E-state index contributed by atoms with van der Waals surface area (Å²) in [6.07, 6.45) is 4.34. The molecule has 0 spiro atoms. The van der Waals surface area contributed by atoms with Crippen LogP contribution in [-0.2, 0) is 10.8 Å². The van der Waals surface area contributed by atoms with Gasteiger partial charge in [-0.05, 0) is 30.6 Å². The molecule has 1 rings (SSSR count). The van der Waals surface area contributed by atoms with Gasteiger partial charge in [-0.3, -0.25) is 4.21 Å². The summed E-state index contributed by atoms with van der Waals surface area (Å²) in [5, 5.41) is 0.220. The molecule has 2 nitrogen and oxygen atoms in total. The van der Waals surface area contributed by atoms with E-state index in [4.69, 9.17) is 5.73 Å². The van der Waals surface area contributed by atoms with E-state index in [9.17, 15) is 4.21 Å². The van der Waals surface area contributed by atoms with Gasteiger partial charge in [-0.1, -0.05) is 34.1 Å². The first-order valence-electron chi connectivity index (χ1n) is 6.48. The van der Waals surface area contributed by atoms with E-state index in [1.165, 1.54) is 6.42 Å². The molecule has 0 aliphatic heterocycles. The van der Waals surface area contributed by atoms with Crippen molar-refractivity contribution in [1.82, 2.24) is 0 Å². The lowest BCUT2D eigenvalue weighted by Gasteiger charge is -2.38.